The van der Waals surface area contributed by atoms with Crippen LogP contribution in [-0.4, -0.2) is 18.2 Å². The lowest BCUT2D eigenvalue weighted by Gasteiger charge is -2.11. The Kier molecular flexibility index (Phi) is 5.39. The molecule has 0 aliphatic carbocycles. The van der Waals surface area contributed by atoms with Gasteiger partial charge in [-0.1, -0.05) is 48.0 Å². The maximum absolute atomic E-state index is 12.6. The van der Waals surface area contributed by atoms with Crippen LogP contribution in [-0.2, 0) is 19.1 Å². The summed E-state index contributed by atoms with van der Waals surface area (Å²) in [5, 5.41) is 0.454. The maximum Gasteiger partial charge on any atom is 0.347 e. The lowest BCUT2D eigenvalue weighted by Crippen LogP contribution is -2.14. The molecule has 1 unspecified atom stereocenters. The van der Waals surface area contributed by atoms with Crippen LogP contribution in [0, 0.1) is 0 Å². The largest absolute Gasteiger partial charge is 0.458 e. The third-order valence-electron chi connectivity index (χ3n) is 3.56. The third kappa shape index (κ3) is 4.32. The number of esters is 2. The van der Waals surface area contributed by atoms with E-state index in [0.29, 0.717) is 21.9 Å². The van der Waals surface area contributed by atoms with Crippen molar-refractivity contribution in [3.05, 3.63) is 83.1 Å². The van der Waals surface area contributed by atoms with Crippen LogP contribution in [0.4, 0.5) is 0 Å². The van der Waals surface area contributed by atoms with Crippen molar-refractivity contribution in [1.29, 1.82) is 0 Å². The molecule has 26 heavy (non-hydrogen) atoms. The van der Waals surface area contributed by atoms with Crippen molar-refractivity contribution >= 4 is 29.1 Å². The Morgan fingerprint density at radius 3 is 2.58 bits per heavy atom. The van der Waals surface area contributed by atoms with E-state index < -0.39 is 18.2 Å². The molecule has 2 aromatic carbocycles. The summed E-state index contributed by atoms with van der Waals surface area (Å²) in [7, 11) is 0. The Morgan fingerprint density at radius 1 is 1.15 bits per heavy atom. The van der Waals surface area contributed by atoms with Gasteiger partial charge in [-0.25, -0.2) is 9.59 Å². The highest BCUT2D eigenvalue weighted by Crippen LogP contribution is 2.23. The number of halogens is 1. The summed E-state index contributed by atoms with van der Waals surface area (Å²) >= 11 is 5.91. The molecule has 1 atom stereocenters. The fourth-order valence-corrected chi connectivity index (χ4v) is 2.43. The molecular weight excluding hydrogens is 356 g/mol. The number of hydrogen-bond donors (Lipinski definition) is 0. The zero-order valence-corrected chi connectivity index (χ0v) is 14.6. The van der Waals surface area contributed by atoms with Crippen molar-refractivity contribution in [2.24, 2.45) is 0 Å². The first kappa shape index (κ1) is 17.8. The predicted molar refractivity (Wildman–Crippen MR) is 96.2 cm³/mol. The molecule has 0 saturated carbocycles. The van der Waals surface area contributed by atoms with E-state index in [4.69, 9.17) is 25.8 Å². The van der Waals surface area contributed by atoms with E-state index in [1.54, 1.807) is 49.4 Å². The summed E-state index contributed by atoms with van der Waals surface area (Å²) in [6.07, 6.45) is 1.89. The first-order valence-electron chi connectivity index (χ1n) is 7.81. The van der Waals surface area contributed by atoms with Gasteiger partial charge in [-0.05, 0) is 30.7 Å². The van der Waals surface area contributed by atoms with Crippen LogP contribution in [0.15, 0.2) is 72.5 Å². The predicted octanol–water partition coefficient (Wildman–Crippen LogP) is 4.13. The SMILES string of the molecule is CC1=CC(O/C=C(/C(=O)Oc2cccc(Cl)c2)c2ccccc2)OC1=O. The first-order chi connectivity index (χ1) is 12.5. The number of hydrogen-bond acceptors (Lipinski definition) is 5. The molecule has 1 aliphatic heterocycles. The molecular formula is C20H15ClO5. The van der Waals surface area contributed by atoms with Gasteiger partial charge in [-0.15, -0.1) is 0 Å². The van der Waals surface area contributed by atoms with Gasteiger partial charge in [0, 0.05) is 16.7 Å². The molecule has 0 fully saturated rings. The van der Waals surface area contributed by atoms with Crippen molar-refractivity contribution in [3.63, 3.8) is 0 Å². The lowest BCUT2D eigenvalue weighted by atomic mass is 10.1. The minimum absolute atomic E-state index is 0.180. The summed E-state index contributed by atoms with van der Waals surface area (Å²) in [6.45, 7) is 1.63. The minimum atomic E-state index is -0.875. The maximum atomic E-state index is 12.6. The number of ether oxygens (including phenoxy) is 3. The molecule has 1 heterocycles. The molecule has 0 bridgehead atoms. The summed E-state index contributed by atoms with van der Waals surface area (Å²) in [5.41, 5.74) is 1.23. The molecule has 0 radical (unpaired) electrons. The van der Waals surface area contributed by atoms with Gasteiger partial charge in [0.15, 0.2) is 0 Å². The second-order valence-electron chi connectivity index (χ2n) is 5.50. The van der Waals surface area contributed by atoms with Crippen LogP contribution in [0.3, 0.4) is 0 Å². The highest BCUT2D eigenvalue weighted by Gasteiger charge is 2.23. The second kappa shape index (κ2) is 7.89. The Morgan fingerprint density at radius 2 is 1.92 bits per heavy atom. The van der Waals surface area contributed by atoms with Crippen molar-refractivity contribution in [2.45, 2.75) is 13.2 Å². The van der Waals surface area contributed by atoms with E-state index in [1.165, 1.54) is 18.4 Å². The quantitative estimate of drug-likeness (QED) is 0.343. The zero-order chi connectivity index (χ0) is 18.5. The molecule has 6 heteroatoms. The fourth-order valence-electron chi connectivity index (χ4n) is 2.25. The molecule has 0 amide bonds. The molecule has 0 saturated heterocycles. The normalized spacial score (nSPS) is 16.7. The van der Waals surface area contributed by atoms with Crippen LogP contribution in [0.5, 0.6) is 5.75 Å². The molecule has 3 rings (SSSR count). The van der Waals surface area contributed by atoms with Gasteiger partial charge in [0.25, 0.3) is 6.29 Å². The third-order valence-corrected chi connectivity index (χ3v) is 3.80. The van der Waals surface area contributed by atoms with E-state index in [1.807, 2.05) is 6.07 Å². The molecule has 0 spiro atoms. The zero-order valence-electron chi connectivity index (χ0n) is 13.8. The summed E-state index contributed by atoms with van der Waals surface area (Å²) in [4.78, 5) is 24.0. The Labute approximate surface area is 155 Å². The van der Waals surface area contributed by atoms with E-state index in [0.717, 1.165) is 0 Å². The van der Waals surface area contributed by atoms with Gasteiger partial charge in [0.05, 0.1) is 0 Å². The smallest absolute Gasteiger partial charge is 0.347 e. The lowest BCUT2D eigenvalue weighted by molar-refractivity contribution is -0.152. The van der Waals surface area contributed by atoms with E-state index >= 15 is 0 Å². The van der Waals surface area contributed by atoms with Crippen molar-refractivity contribution in [3.8, 4) is 5.75 Å². The number of carbonyl (C=O) groups is 2. The highest BCUT2D eigenvalue weighted by molar-refractivity contribution is 6.30. The van der Waals surface area contributed by atoms with Crippen LogP contribution < -0.4 is 4.74 Å². The topological polar surface area (TPSA) is 61.8 Å². The molecule has 5 nitrogen and oxygen atoms in total. The van der Waals surface area contributed by atoms with Gasteiger partial charge in [0.1, 0.15) is 17.6 Å². The molecule has 2 aromatic rings. The molecule has 132 valence electrons. The Hall–Kier alpha value is -3.05. The average Bonchev–Trinajstić information content (AvgIpc) is 2.94. The van der Waals surface area contributed by atoms with Gasteiger partial charge < -0.3 is 14.2 Å². The molecule has 0 N–H and O–H groups in total. The number of benzene rings is 2. The summed E-state index contributed by atoms with van der Waals surface area (Å²) in [6, 6.07) is 15.4. The van der Waals surface area contributed by atoms with Gasteiger partial charge in [0.2, 0.25) is 0 Å². The van der Waals surface area contributed by atoms with Crippen LogP contribution in [0.1, 0.15) is 12.5 Å². The standard InChI is InChI=1S/C20H15ClO5/c1-13-10-18(26-19(13)22)24-12-17(14-6-3-2-4-7-14)20(23)25-16-9-5-8-15(21)11-16/h2-12,18H,1H3/b17-12+. The van der Waals surface area contributed by atoms with Gasteiger partial charge >= 0.3 is 11.9 Å². The molecule has 1 aliphatic rings. The van der Waals surface area contributed by atoms with Crippen LogP contribution >= 0.6 is 11.6 Å². The van der Waals surface area contributed by atoms with Crippen LogP contribution in [0.25, 0.3) is 5.57 Å². The summed E-state index contributed by atoms with van der Waals surface area (Å²) < 4.78 is 15.8. The van der Waals surface area contributed by atoms with E-state index in [9.17, 15) is 9.59 Å². The van der Waals surface area contributed by atoms with Crippen molar-refractivity contribution in [2.75, 3.05) is 0 Å². The highest BCUT2D eigenvalue weighted by atomic mass is 35.5. The van der Waals surface area contributed by atoms with E-state index in [2.05, 4.69) is 0 Å². The van der Waals surface area contributed by atoms with Gasteiger partial charge in [-0.3, -0.25) is 0 Å². The number of cyclic esters (lactones) is 1. The monoisotopic (exact) mass is 370 g/mol. The second-order valence-corrected chi connectivity index (χ2v) is 5.94. The number of carbonyl (C=O) groups excluding carboxylic acids is 2. The van der Waals surface area contributed by atoms with Crippen molar-refractivity contribution in [1.82, 2.24) is 0 Å². The van der Waals surface area contributed by atoms with Gasteiger partial charge in [-0.2, -0.15) is 0 Å². The first-order valence-corrected chi connectivity index (χ1v) is 8.19. The molecule has 0 aromatic heterocycles. The van der Waals surface area contributed by atoms with Crippen molar-refractivity contribution < 1.29 is 23.8 Å². The minimum Gasteiger partial charge on any atom is -0.458 e. The number of rotatable bonds is 5. The average molecular weight is 371 g/mol. The van der Waals surface area contributed by atoms with Crippen LogP contribution in [0.2, 0.25) is 5.02 Å². The summed E-state index contributed by atoms with van der Waals surface area (Å²) in [5.74, 6) is -0.762. The Balaban J connectivity index is 1.82. The van der Waals surface area contributed by atoms with E-state index in [-0.39, 0.29) is 5.57 Å². The fraction of sp³-hybridized carbons (Fsp3) is 0.100. The Bertz CT molecular complexity index is 886.